The molecule has 0 bridgehead atoms. The number of rotatable bonds is 8. The number of aromatic nitrogens is 2. The van der Waals surface area contributed by atoms with Gasteiger partial charge in [-0.25, -0.2) is 18.4 Å². The van der Waals surface area contributed by atoms with Gasteiger partial charge in [0.1, 0.15) is 5.82 Å². The van der Waals surface area contributed by atoms with Crippen LogP contribution in [-0.2, 0) is 10.0 Å². The third-order valence-electron chi connectivity index (χ3n) is 6.68. The van der Waals surface area contributed by atoms with E-state index in [4.69, 9.17) is 9.97 Å². The van der Waals surface area contributed by atoms with Crippen molar-refractivity contribution in [3.63, 3.8) is 0 Å². The maximum atomic E-state index is 11.6. The zero-order chi connectivity index (χ0) is 25.8. The van der Waals surface area contributed by atoms with E-state index in [0.29, 0.717) is 18.1 Å². The first-order chi connectivity index (χ1) is 17.9. The highest BCUT2D eigenvalue weighted by Gasteiger charge is 2.24. The van der Waals surface area contributed by atoms with E-state index in [2.05, 4.69) is 57.2 Å². The number of likely N-dealkylation sites (N-methyl/N-ethyl adjacent to an activating group) is 1. The number of sulfonamides is 1. The highest BCUT2D eigenvalue weighted by molar-refractivity contribution is 7.92. The molecule has 5 rings (SSSR count). The Morgan fingerprint density at radius 2 is 1.54 bits per heavy atom. The van der Waals surface area contributed by atoms with Gasteiger partial charge in [-0.1, -0.05) is 42.5 Å². The van der Waals surface area contributed by atoms with E-state index in [-0.39, 0.29) is 6.04 Å². The van der Waals surface area contributed by atoms with Gasteiger partial charge in [0, 0.05) is 49.4 Å². The Morgan fingerprint density at radius 1 is 0.865 bits per heavy atom. The molecule has 1 unspecified atom stereocenters. The Kier molecular flexibility index (Phi) is 7.36. The van der Waals surface area contributed by atoms with Crippen LogP contribution in [0.15, 0.2) is 78.9 Å². The van der Waals surface area contributed by atoms with Crippen molar-refractivity contribution in [3.8, 4) is 11.4 Å². The number of hydrogen-bond acceptors (Lipinski definition) is 7. The van der Waals surface area contributed by atoms with Crippen LogP contribution in [0.1, 0.15) is 11.6 Å². The van der Waals surface area contributed by atoms with Crippen molar-refractivity contribution in [2.75, 3.05) is 56.1 Å². The summed E-state index contributed by atoms with van der Waals surface area (Å²) in [4.78, 5) is 14.6. The third kappa shape index (κ3) is 6.25. The molecule has 0 amide bonds. The lowest BCUT2D eigenvalue weighted by Gasteiger charge is -2.38. The lowest BCUT2D eigenvalue weighted by atomic mass is 10.0. The summed E-state index contributed by atoms with van der Waals surface area (Å²) in [6.07, 6.45) is 1.14. The van der Waals surface area contributed by atoms with Gasteiger partial charge in [-0.15, -0.1) is 0 Å². The molecule has 2 heterocycles. The zero-order valence-corrected chi connectivity index (χ0v) is 21.9. The molecule has 0 aliphatic carbocycles. The molecule has 1 saturated heterocycles. The van der Waals surface area contributed by atoms with Gasteiger partial charge in [0.25, 0.3) is 0 Å². The molecule has 2 N–H and O–H groups in total. The minimum Gasteiger partial charge on any atom is -0.368 e. The van der Waals surface area contributed by atoms with Gasteiger partial charge in [0.05, 0.1) is 17.8 Å². The number of fused-ring (bicyclic) bond motifs is 1. The molecule has 1 aliphatic rings. The average Bonchev–Trinajstić information content (AvgIpc) is 2.90. The van der Waals surface area contributed by atoms with E-state index in [1.54, 1.807) is 12.1 Å². The molecule has 8 nitrogen and oxygen atoms in total. The molecule has 4 aromatic rings. The zero-order valence-electron chi connectivity index (χ0n) is 21.1. The van der Waals surface area contributed by atoms with Crippen molar-refractivity contribution in [3.05, 3.63) is 84.4 Å². The SMILES string of the molecule is CN1CCN(C(CNc2nc(-c3ccc(NS(C)(=O)=O)cc3)nc3ccccc23)c2ccccc2)CC1. The van der Waals surface area contributed by atoms with Crippen molar-refractivity contribution in [2.24, 2.45) is 0 Å². The summed E-state index contributed by atoms with van der Waals surface area (Å²) < 4.78 is 25.6. The lowest BCUT2D eigenvalue weighted by Crippen LogP contribution is -2.47. The summed E-state index contributed by atoms with van der Waals surface area (Å²) >= 11 is 0. The molecule has 1 atom stereocenters. The van der Waals surface area contributed by atoms with Gasteiger partial charge in [-0.05, 0) is 49.0 Å². The fourth-order valence-electron chi connectivity index (χ4n) is 4.70. The molecular formula is C28H32N6O2S. The normalized spacial score (nSPS) is 15.9. The molecule has 9 heteroatoms. The molecule has 1 aromatic heterocycles. The molecule has 37 heavy (non-hydrogen) atoms. The predicted octanol–water partition coefficient (Wildman–Crippen LogP) is 4.07. The largest absolute Gasteiger partial charge is 0.368 e. The van der Waals surface area contributed by atoms with Crippen molar-refractivity contribution in [2.45, 2.75) is 6.04 Å². The van der Waals surface area contributed by atoms with Gasteiger partial charge in [0.15, 0.2) is 5.82 Å². The van der Waals surface area contributed by atoms with E-state index in [1.807, 2.05) is 36.4 Å². The van der Waals surface area contributed by atoms with Crippen LogP contribution in [-0.4, -0.2) is 74.2 Å². The summed E-state index contributed by atoms with van der Waals surface area (Å²) in [6.45, 7) is 4.84. The van der Waals surface area contributed by atoms with Crippen LogP contribution < -0.4 is 10.0 Å². The number of nitrogens with zero attached hydrogens (tertiary/aromatic N) is 4. The first-order valence-electron chi connectivity index (χ1n) is 12.4. The van der Waals surface area contributed by atoms with Crippen LogP contribution in [0, 0.1) is 0 Å². The quantitative estimate of drug-likeness (QED) is 0.365. The number of piperazine rings is 1. The van der Waals surface area contributed by atoms with Crippen LogP contribution in [0.25, 0.3) is 22.3 Å². The minimum atomic E-state index is -3.34. The van der Waals surface area contributed by atoms with Gasteiger partial charge in [0.2, 0.25) is 10.0 Å². The van der Waals surface area contributed by atoms with Gasteiger partial charge in [-0.3, -0.25) is 9.62 Å². The molecule has 0 saturated carbocycles. The molecule has 1 aliphatic heterocycles. The number of hydrogen-bond donors (Lipinski definition) is 2. The number of para-hydroxylation sites is 1. The average molecular weight is 517 g/mol. The molecule has 0 radical (unpaired) electrons. The van der Waals surface area contributed by atoms with Gasteiger partial charge in [-0.2, -0.15) is 0 Å². The van der Waals surface area contributed by atoms with Crippen molar-refractivity contribution in [1.29, 1.82) is 0 Å². The first kappa shape index (κ1) is 25.1. The summed E-state index contributed by atoms with van der Waals surface area (Å²) in [5.41, 5.74) is 3.45. The smallest absolute Gasteiger partial charge is 0.229 e. The van der Waals surface area contributed by atoms with E-state index in [9.17, 15) is 8.42 Å². The van der Waals surface area contributed by atoms with Gasteiger partial charge < -0.3 is 10.2 Å². The number of nitrogens with one attached hydrogen (secondary N) is 2. The van der Waals surface area contributed by atoms with Crippen molar-refractivity contribution < 1.29 is 8.42 Å². The fourth-order valence-corrected chi connectivity index (χ4v) is 5.27. The van der Waals surface area contributed by atoms with E-state index in [0.717, 1.165) is 54.7 Å². The monoisotopic (exact) mass is 516 g/mol. The number of anilines is 2. The molecule has 1 fully saturated rings. The maximum absolute atomic E-state index is 11.6. The van der Waals surface area contributed by atoms with Crippen LogP contribution >= 0.6 is 0 Å². The van der Waals surface area contributed by atoms with E-state index < -0.39 is 10.0 Å². The molecule has 192 valence electrons. The Morgan fingerprint density at radius 3 is 2.24 bits per heavy atom. The molecule has 0 spiro atoms. The summed E-state index contributed by atoms with van der Waals surface area (Å²) in [5, 5.41) is 4.61. The highest BCUT2D eigenvalue weighted by Crippen LogP contribution is 2.28. The third-order valence-corrected chi connectivity index (χ3v) is 7.28. The van der Waals surface area contributed by atoms with Gasteiger partial charge >= 0.3 is 0 Å². The molecular weight excluding hydrogens is 484 g/mol. The Balaban J connectivity index is 1.44. The lowest BCUT2D eigenvalue weighted by molar-refractivity contribution is 0.116. The summed E-state index contributed by atoms with van der Waals surface area (Å²) in [7, 11) is -1.17. The second-order valence-electron chi connectivity index (χ2n) is 9.51. The maximum Gasteiger partial charge on any atom is 0.229 e. The van der Waals surface area contributed by atoms with E-state index >= 15 is 0 Å². The predicted molar refractivity (Wildman–Crippen MR) is 150 cm³/mol. The second kappa shape index (κ2) is 10.8. The summed E-state index contributed by atoms with van der Waals surface area (Å²) in [5.74, 6) is 1.37. The minimum absolute atomic E-state index is 0.216. The van der Waals surface area contributed by atoms with Crippen LogP contribution in [0.3, 0.4) is 0 Å². The standard InChI is InChI=1S/C28H32N6O2S/c1-33-16-18-34(19-17-33)26(21-8-4-3-5-9-21)20-29-28-24-10-6-7-11-25(24)30-27(31-28)22-12-14-23(15-13-22)32-37(2,35)36/h3-15,26,32H,16-20H2,1-2H3,(H,29,30,31). The van der Waals surface area contributed by atoms with E-state index in [1.165, 1.54) is 5.56 Å². The van der Waals surface area contributed by atoms with Crippen LogP contribution in [0.5, 0.6) is 0 Å². The fraction of sp³-hybridized carbons (Fsp3) is 0.286. The number of benzene rings is 3. The second-order valence-corrected chi connectivity index (χ2v) is 11.3. The Bertz CT molecular complexity index is 1450. The van der Waals surface area contributed by atoms with Crippen LogP contribution in [0.2, 0.25) is 0 Å². The highest BCUT2D eigenvalue weighted by atomic mass is 32.2. The first-order valence-corrected chi connectivity index (χ1v) is 14.3. The topological polar surface area (TPSA) is 90.5 Å². The Labute approximate surface area is 218 Å². The van der Waals surface area contributed by atoms with Crippen molar-refractivity contribution in [1.82, 2.24) is 19.8 Å². The van der Waals surface area contributed by atoms with Crippen molar-refractivity contribution >= 4 is 32.4 Å². The Hall–Kier alpha value is -3.53. The molecule has 3 aromatic carbocycles. The summed E-state index contributed by atoms with van der Waals surface area (Å²) in [6, 6.07) is 26.0. The van der Waals surface area contributed by atoms with Crippen LogP contribution in [0.4, 0.5) is 11.5 Å².